The zero-order valence-electron chi connectivity index (χ0n) is 14.1. The Kier molecular flexibility index (Phi) is 5.30. The third-order valence-corrected chi connectivity index (χ3v) is 4.35. The second-order valence-electron chi connectivity index (χ2n) is 6.57. The molecular formula is C18H25ClN2O. The number of nitrogens with zero attached hydrogens (tertiary/aromatic N) is 2. The number of hydrogen-bond acceptors (Lipinski definition) is 2. The quantitative estimate of drug-likeness (QED) is 0.782. The van der Waals surface area contributed by atoms with Crippen molar-refractivity contribution < 1.29 is 4.79 Å². The lowest BCUT2D eigenvalue weighted by molar-refractivity contribution is -0.124. The molecule has 1 amide bonds. The van der Waals surface area contributed by atoms with Crippen molar-refractivity contribution in [2.45, 2.75) is 40.3 Å². The van der Waals surface area contributed by atoms with Gasteiger partial charge in [-0.3, -0.25) is 9.69 Å². The summed E-state index contributed by atoms with van der Waals surface area (Å²) in [5.41, 5.74) is 3.33. The van der Waals surface area contributed by atoms with Crippen LogP contribution in [0.3, 0.4) is 0 Å². The van der Waals surface area contributed by atoms with Gasteiger partial charge in [0.15, 0.2) is 0 Å². The third kappa shape index (κ3) is 3.53. The molecule has 120 valence electrons. The second-order valence-corrected chi connectivity index (χ2v) is 7.01. The van der Waals surface area contributed by atoms with Gasteiger partial charge in [0, 0.05) is 30.8 Å². The summed E-state index contributed by atoms with van der Waals surface area (Å²) in [5, 5.41) is 0.713. The van der Waals surface area contributed by atoms with Crippen molar-refractivity contribution in [1.29, 1.82) is 0 Å². The number of benzene rings is 1. The Labute approximate surface area is 138 Å². The first-order valence-electron chi connectivity index (χ1n) is 7.74. The normalized spacial score (nSPS) is 19.1. The van der Waals surface area contributed by atoms with Crippen LogP contribution in [0.2, 0.25) is 5.02 Å². The number of hydrogen-bond donors (Lipinski definition) is 0. The predicted octanol–water partition coefficient (Wildman–Crippen LogP) is 4.11. The first-order valence-corrected chi connectivity index (χ1v) is 8.12. The summed E-state index contributed by atoms with van der Waals surface area (Å²) in [4.78, 5) is 16.9. The maximum Gasteiger partial charge on any atom is 0.244 e. The minimum Gasteiger partial charge on any atom is -0.314 e. The molecule has 1 aromatic rings. The number of likely N-dealkylation sites (N-methyl/N-ethyl adjacent to an activating group) is 1. The van der Waals surface area contributed by atoms with E-state index in [4.69, 9.17) is 11.6 Å². The Hall–Kier alpha value is -1.32. The molecule has 1 aliphatic rings. The number of amides is 1. The van der Waals surface area contributed by atoms with E-state index in [1.54, 1.807) is 4.90 Å². The van der Waals surface area contributed by atoms with Crippen LogP contribution in [-0.2, 0) is 11.3 Å². The first-order chi connectivity index (χ1) is 10.3. The van der Waals surface area contributed by atoms with Crippen molar-refractivity contribution in [1.82, 2.24) is 4.90 Å². The van der Waals surface area contributed by atoms with Gasteiger partial charge in [-0.2, -0.15) is 0 Å². The average Bonchev–Trinajstić information content (AvgIpc) is 2.52. The van der Waals surface area contributed by atoms with E-state index in [0.717, 1.165) is 24.3 Å². The number of fused-ring (bicyclic) bond motifs is 1. The molecule has 1 atom stereocenters. The lowest BCUT2D eigenvalue weighted by Crippen LogP contribution is -2.48. The van der Waals surface area contributed by atoms with E-state index in [-0.39, 0.29) is 17.9 Å². The Morgan fingerprint density at radius 3 is 2.68 bits per heavy atom. The van der Waals surface area contributed by atoms with Crippen molar-refractivity contribution in [3.8, 4) is 0 Å². The molecule has 1 unspecified atom stereocenters. The summed E-state index contributed by atoms with van der Waals surface area (Å²) < 4.78 is 0. The Balaban J connectivity index is 2.46. The molecule has 2 rings (SSSR count). The van der Waals surface area contributed by atoms with Crippen LogP contribution in [0.4, 0.5) is 5.69 Å². The topological polar surface area (TPSA) is 23.6 Å². The molecule has 0 bridgehead atoms. The molecule has 1 aliphatic heterocycles. The molecule has 4 heteroatoms. The highest BCUT2D eigenvalue weighted by molar-refractivity contribution is 6.30. The van der Waals surface area contributed by atoms with Crippen molar-refractivity contribution in [3.63, 3.8) is 0 Å². The van der Waals surface area contributed by atoms with Gasteiger partial charge < -0.3 is 4.90 Å². The summed E-state index contributed by atoms with van der Waals surface area (Å²) in [6.07, 6.45) is 2.18. The van der Waals surface area contributed by atoms with Crippen LogP contribution in [0, 0.1) is 5.92 Å². The third-order valence-electron chi connectivity index (χ3n) is 4.12. The molecule has 0 fully saturated rings. The fourth-order valence-corrected chi connectivity index (χ4v) is 3.18. The SMILES string of the molecule is CC(C)=CCN1Cc2cc(Cl)ccc2N(C)C(=O)C1C(C)C. The zero-order chi connectivity index (χ0) is 16.4. The summed E-state index contributed by atoms with van der Waals surface area (Å²) in [5.74, 6) is 0.406. The molecule has 22 heavy (non-hydrogen) atoms. The van der Waals surface area contributed by atoms with Crippen molar-refractivity contribution >= 4 is 23.2 Å². The maximum atomic E-state index is 12.9. The summed E-state index contributed by atoms with van der Waals surface area (Å²) >= 11 is 6.15. The summed E-state index contributed by atoms with van der Waals surface area (Å²) in [7, 11) is 1.86. The largest absolute Gasteiger partial charge is 0.314 e. The van der Waals surface area contributed by atoms with Gasteiger partial charge in [-0.15, -0.1) is 0 Å². The van der Waals surface area contributed by atoms with E-state index in [2.05, 4.69) is 38.7 Å². The minimum absolute atomic E-state index is 0.119. The maximum absolute atomic E-state index is 12.9. The van der Waals surface area contributed by atoms with Crippen LogP contribution in [-0.4, -0.2) is 30.4 Å². The molecule has 3 nitrogen and oxygen atoms in total. The lowest BCUT2D eigenvalue weighted by Gasteiger charge is -2.31. The standard InChI is InChI=1S/C18H25ClN2O/c1-12(2)8-9-21-11-14-10-15(19)6-7-16(14)20(5)18(22)17(21)13(3)4/h6-8,10,13,17H,9,11H2,1-5H3. The number of carbonyl (C=O) groups is 1. The van der Waals surface area contributed by atoms with E-state index >= 15 is 0 Å². The van der Waals surface area contributed by atoms with E-state index in [1.165, 1.54) is 5.57 Å². The lowest BCUT2D eigenvalue weighted by atomic mass is 10.0. The molecule has 0 saturated heterocycles. The van der Waals surface area contributed by atoms with Crippen molar-refractivity contribution in [2.75, 3.05) is 18.5 Å². The second kappa shape index (κ2) is 6.84. The van der Waals surface area contributed by atoms with E-state index in [0.29, 0.717) is 5.02 Å². The van der Waals surface area contributed by atoms with E-state index in [1.807, 2.05) is 25.2 Å². The summed E-state index contributed by atoms with van der Waals surface area (Å²) in [6, 6.07) is 5.64. The number of anilines is 1. The van der Waals surface area contributed by atoms with Gasteiger partial charge in [-0.05, 0) is 43.5 Å². The highest BCUT2D eigenvalue weighted by atomic mass is 35.5. The Morgan fingerprint density at radius 1 is 1.41 bits per heavy atom. The van der Waals surface area contributed by atoms with Crippen LogP contribution in [0.25, 0.3) is 0 Å². The average molecular weight is 321 g/mol. The monoisotopic (exact) mass is 320 g/mol. The molecule has 0 saturated carbocycles. The van der Waals surface area contributed by atoms with Gasteiger partial charge in [0.25, 0.3) is 0 Å². The van der Waals surface area contributed by atoms with Crippen molar-refractivity contribution in [3.05, 3.63) is 40.4 Å². The number of rotatable bonds is 3. The molecular weight excluding hydrogens is 296 g/mol. The number of allylic oxidation sites excluding steroid dienone is 1. The van der Waals surface area contributed by atoms with Gasteiger partial charge in [-0.25, -0.2) is 0 Å². The molecule has 1 aromatic carbocycles. The predicted molar refractivity (Wildman–Crippen MR) is 93.3 cm³/mol. The molecule has 0 N–H and O–H groups in total. The molecule has 0 aliphatic carbocycles. The zero-order valence-corrected chi connectivity index (χ0v) is 14.8. The minimum atomic E-state index is -0.119. The molecule has 0 radical (unpaired) electrons. The molecule has 0 aromatic heterocycles. The fourth-order valence-electron chi connectivity index (χ4n) is 2.98. The van der Waals surface area contributed by atoms with E-state index < -0.39 is 0 Å². The van der Waals surface area contributed by atoms with Gasteiger partial charge in [0.1, 0.15) is 0 Å². The fraction of sp³-hybridized carbons (Fsp3) is 0.500. The highest BCUT2D eigenvalue weighted by Gasteiger charge is 2.35. The van der Waals surface area contributed by atoms with Crippen LogP contribution >= 0.6 is 11.6 Å². The first kappa shape index (κ1) is 17.0. The van der Waals surface area contributed by atoms with Crippen LogP contribution in [0.1, 0.15) is 33.3 Å². The number of carbonyl (C=O) groups excluding carboxylic acids is 1. The van der Waals surface area contributed by atoms with E-state index in [9.17, 15) is 4.79 Å². The molecule has 0 spiro atoms. The smallest absolute Gasteiger partial charge is 0.244 e. The van der Waals surface area contributed by atoms with Gasteiger partial charge >= 0.3 is 0 Å². The van der Waals surface area contributed by atoms with Crippen LogP contribution in [0.15, 0.2) is 29.8 Å². The highest BCUT2D eigenvalue weighted by Crippen LogP contribution is 2.31. The van der Waals surface area contributed by atoms with Gasteiger partial charge in [0.05, 0.1) is 6.04 Å². The van der Waals surface area contributed by atoms with Crippen LogP contribution in [0.5, 0.6) is 0 Å². The Bertz CT molecular complexity index is 591. The van der Waals surface area contributed by atoms with Crippen molar-refractivity contribution in [2.24, 2.45) is 5.92 Å². The van der Waals surface area contributed by atoms with Crippen LogP contribution < -0.4 is 4.90 Å². The number of halogens is 1. The Morgan fingerprint density at radius 2 is 2.09 bits per heavy atom. The van der Waals surface area contributed by atoms with Gasteiger partial charge in [0.2, 0.25) is 5.91 Å². The van der Waals surface area contributed by atoms with Gasteiger partial charge in [-0.1, -0.05) is 37.1 Å². The molecule has 1 heterocycles. The summed E-state index contributed by atoms with van der Waals surface area (Å²) in [6.45, 7) is 9.89.